The van der Waals surface area contributed by atoms with Gasteiger partial charge in [-0.3, -0.25) is 23.9 Å². The predicted molar refractivity (Wildman–Crippen MR) is 135 cm³/mol. The van der Waals surface area contributed by atoms with Crippen molar-refractivity contribution < 1.29 is 31.5 Å². The van der Waals surface area contributed by atoms with E-state index in [0.717, 1.165) is 15.9 Å². The number of piperidine rings is 1. The average molecular weight is 573 g/mol. The number of carbonyl (C=O) groups excluding carboxylic acids is 2. The van der Waals surface area contributed by atoms with Gasteiger partial charge in [0.05, 0.1) is 6.54 Å². The van der Waals surface area contributed by atoms with Crippen LogP contribution in [-0.2, 0) is 16.1 Å². The van der Waals surface area contributed by atoms with E-state index in [0.29, 0.717) is 11.4 Å². The van der Waals surface area contributed by atoms with Gasteiger partial charge in [0.1, 0.15) is 21.8 Å². The van der Waals surface area contributed by atoms with Crippen molar-refractivity contribution >= 4 is 46.3 Å². The van der Waals surface area contributed by atoms with Crippen molar-refractivity contribution in [2.45, 2.75) is 38.4 Å². The lowest BCUT2D eigenvalue weighted by atomic mass is 10.1. The van der Waals surface area contributed by atoms with E-state index >= 15 is 0 Å². The molecule has 9 nitrogen and oxygen atoms in total. The van der Waals surface area contributed by atoms with Crippen LogP contribution in [0.25, 0.3) is 11.8 Å². The van der Waals surface area contributed by atoms with Gasteiger partial charge >= 0.3 is 6.18 Å². The van der Waals surface area contributed by atoms with Gasteiger partial charge < -0.3 is 16.0 Å². The molecule has 0 saturated carbocycles. The van der Waals surface area contributed by atoms with Crippen LogP contribution in [0.3, 0.4) is 0 Å². The van der Waals surface area contributed by atoms with Gasteiger partial charge in [-0.2, -0.15) is 18.4 Å². The number of alkyl halides is 5. The summed E-state index contributed by atoms with van der Waals surface area (Å²) in [4.78, 5) is 39.0. The van der Waals surface area contributed by atoms with Gasteiger partial charge in [0.15, 0.2) is 5.57 Å². The fraction of sp³-hybridized carbons (Fsp3) is 0.417. The minimum atomic E-state index is -4.67. The second kappa shape index (κ2) is 12.4. The Morgan fingerprint density at radius 2 is 1.87 bits per heavy atom. The smallest absolute Gasteiger partial charge is 0.360 e. The molecule has 0 radical (unpaired) electrons. The number of anilines is 2. The van der Waals surface area contributed by atoms with E-state index < -0.39 is 35.7 Å². The molecule has 3 rings (SSSR count). The predicted octanol–water partition coefficient (Wildman–Crippen LogP) is 1.80. The Morgan fingerprint density at radius 3 is 2.49 bits per heavy atom. The molecule has 1 aliphatic rings. The molecule has 1 fully saturated rings. The van der Waals surface area contributed by atoms with Crippen molar-refractivity contribution in [3.63, 3.8) is 0 Å². The summed E-state index contributed by atoms with van der Waals surface area (Å²) in [5.41, 5.74) is -0.293. The number of nitriles is 1. The maximum Gasteiger partial charge on any atom is 0.405 e. The van der Waals surface area contributed by atoms with E-state index in [1.807, 2.05) is 0 Å². The molecule has 39 heavy (non-hydrogen) atoms. The van der Waals surface area contributed by atoms with Crippen LogP contribution < -0.4 is 30.7 Å². The van der Waals surface area contributed by atoms with Crippen LogP contribution in [0.2, 0.25) is 0 Å². The van der Waals surface area contributed by atoms with E-state index in [4.69, 9.17) is 0 Å². The van der Waals surface area contributed by atoms with Crippen molar-refractivity contribution in [2.75, 3.05) is 36.8 Å². The highest BCUT2D eigenvalue weighted by Crippen LogP contribution is 2.27. The molecule has 15 heteroatoms. The number of hydrogen-bond donors (Lipinski definition) is 3. The SMILES string of the molecule is CCn1c(=C(C#N)C(=O)NCC(F)(F)F)sc(=CNc2cccc(NC(=O)CN3CCC(F)(F)CC3)c2)c1=O. The number of amides is 2. The van der Waals surface area contributed by atoms with Gasteiger partial charge in [-0.05, 0) is 25.1 Å². The van der Waals surface area contributed by atoms with Gasteiger partial charge in [0.2, 0.25) is 5.91 Å². The fourth-order valence-electron chi connectivity index (χ4n) is 3.73. The number of rotatable bonds is 8. The number of aromatic nitrogens is 1. The Balaban J connectivity index is 1.76. The van der Waals surface area contributed by atoms with E-state index in [9.17, 15) is 41.6 Å². The minimum absolute atomic E-state index is 0.0390. The third-order valence-electron chi connectivity index (χ3n) is 5.70. The Hall–Kier alpha value is -3.77. The lowest BCUT2D eigenvalue weighted by Crippen LogP contribution is -2.42. The first-order chi connectivity index (χ1) is 18.3. The number of benzene rings is 1. The van der Waals surface area contributed by atoms with Crippen LogP contribution in [0.4, 0.5) is 33.3 Å². The zero-order valence-electron chi connectivity index (χ0n) is 20.7. The molecule has 0 atom stereocenters. The van der Waals surface area contributed by atoms with Crippen LogP contribution in [0.15, 0.2) is 29.1 Å². The number of halogens is 5. The molecule has 210 valence electrons. The molecule has 1 aromatic carbocycles. The van der Waals surface area contributed by atoms with Gasteiger partial charge in [0, 0.05) is 50.1 Å². The zero-order valence-corrected chi connectivity index (χ0v) is 21.5. The summed E-state index contributed by atoms with van der Waals surface area (Å²) in [6, 6.07) is 8.04. The highest BCUT2D eigenvalue weighted by atomic mass is 32.1. The Morgan fingerprint density at radius 1 is 1.21 bits per heavy atom. The second-order valence-electron chi connectivity index (χ2n) is 8.66. The van der Waals surface area contributed by atoms with E-state index in [-0.39, 0.29) is 54.1 Å². The van der Waals surface area contributed by atoms with Crippen LogP contribution >= 0.6 is 11.3 Å². The highest BCUT2D eigenvalue weighted by Gasteiger charge is 2.34. The molecular formula is C24H25F5N6O3S. The molecule has 0 bridgehead atoms. The molecule has 1 aromatic heterocycles. The van der Waals surface area contributed by atoms with Crippen LogP contribution in [-0.4, -0.2) is 59.6 Å². The molecule has 0 aliphatic carbocycles. The fourth-order valence-corrected chi connectivity index (χ4v) is 4.82. The number of hydrogen-bond acceptors (Lipinski definition) is 7. The summed E-state index contributed by atoms with van der Waals surface area (Å²) in [6.07, 6.45) is -3.95. The van der Waals surface area contributed by atoms with Crippen LogP contribution in [0.1, 0.15) is 19.8 Å². The van der Waals surface area contributed by atoms with Crippen molar-refractivity contribution in [1.82, 2.24) is 14.8 Å². The number of nitrogens with zero attached hydrogens (tertiary/aromatic N) is 3. The van der Waals surface area contributed by atoms with Crippen molar-refractivity contribution in [2.24, 2.45) is 0 Å². The number of nitrogens with one attached hydrogen (secondary N) is 3. The zero-order chi connectivity index (χ0) is 28.8. The normalized spacial score (nSPS) is 16.8. The summed E-state index contributed by atoms with van der Waals surface area (Å²) in [7, 11) is 0. The molecule has 0 unspecified atom stereocenters. The van der Waals surface area contributed by atoms with E-state index in [1.54, 1.807) is 47.5 Å². The number of thiazole rings is 1. The first-order valence-corrected chi connectivity index (χ1v) is 12.6. The molecule has 2 heterocycles. The quantitative estimate of drug-likeness (QED) is 0.416. The standard InChI is InChI=1S/C24H25F5N6O3S/c1-2-35-21(38)18(39-22(35)17(11-30)20(37)32-14-24(27,28)29)12-31-15-4-3-5-16(10-15)33-19(36)13-34-8-6-23(25,26)7-9-34/h3-5,10,12,31H,2,6-9,13-14H2,1H3,(H,32,37)(H,33,36). The molecular weight excluding hydrogens is 547 g/mol. The maximum atomic E-state index is 13.3. The van der Waals surface area contributed by atoms with Crippen LogP contribution in [0, 0.1) is 11.3 Å². The summed E-state index contributed by atoms with van der Waals surface area (Å²) in [5.74, 6) is -4.33. The summed E-state index contributed by atoms with van der Waals surface area (Å²) >= 11 is 0.761. The topological polar surface area (TPSA) is 119 Å². The molecule has 1 aliphatic heterocycles. The average Bonchev–Trinajstić information content (AvgIpc) is 3.17. The molecule has 2 amide bonds. The minimum Gasteiger partial charge on any atom is -0.360 e. The first kappa shape index (κ1) is 29.8. The van der Waals surface area contributed by atoms with Crippen LogP contribution in [0.5, 0.6) is 0 Å². The van der Waals surface area contributed by atoms with Gasteiger partial charge in [-0.1, -0.05) is 6.07 Å². The van der Waals surface area contributed by atoms with Gasteiger partial charge in [0.25, 0.3) is 17.4 Å². The van der Waals surface area contributed by atoms with Gasteiger partial charge in [-0.25, -0.2) is 8.78 Å². The van der Waals surface area contributed by atoms with Gasteiger partial charge in [-0.15, -0.1) is 11.3 Å². The monoisotopic (exact) mass is 572 g/mol. The Bertz CT molecular complexity index is 1430. The lowest BCUT2D eigenvalue weighted by Gasteiger charge is -2.31. The Kier molecular flexibility index (Phi) is 9.46. The largest absolute Gasteiger partial charge is 0.405 e. The van der Waals surface area contributed by atoms with E-state index in [1.165, 1.54) is 6.20 Å². The third kappa shape index (κ3) is 8.36. The molecule has 1 saturated heterocycles. The first-order valence-electron chi connectivity index (χ1n) is 11.8. The molecule has 0 spiro atoms. The highest BCUT2D eigenvalue weighted by molar-refractivity contribution is 7.07. The third-order valence-corrected chi connectivity index (χ3v) is 6.83. The maximum absolute atomic E-state index is 13.3. The lowest BCUT2D eigenvalue weighted by molar-refractivity contribution is -0.135. The molecule has 2 aromatic rings. The van der Waals surface area contributed by atoms with Crippen molar-refractivity contribution in [3.8, 4) is 6.07 Å². The van der Waals surface area contributed by atoms with E-state index in [2.05, 4.69) is 10.6 Å². The molecule has 3 N–H and O–H groups in total. The van der Waals surface area contributed by atoms with Crippen molar-refractivity contribution in [1.29, 1.82) is 5.26 Å². The number of likely N-dealkylation sites (tertiary alicyclic amines) is 1. The van der Waals surface area contributed by atoms with Crippen molar-refractivity contribution in [3.05, 3.63) is 43.8 Å². The summed E-state index contributed by atoms with van der Waals surface area (Å²) in [6.45, 7) is 0.211. The second-order valence-corrected chi connectivity index (χ2v) is 9.69. The summed E-state index contributed by atoms with van der Waals surface area (Å²) in [5, 5.41) is 16.6. The number of carbonyl (C=O) groups is 2. The summed E-state index contributed by atoms with van der Waals surface area (Å²) < 4.78 is 65.1. The Labute approximate surface area is 223 Å².